The van der Waals surface area contributed by atoms with Gasteiger partial charge in [0.15, 0.2) is 0 Å². The van der Waals surface area contributed by atoms with Crippen LogP contribution in [0.4, 0.5) is 0 Å². The molecule has 0 bridgehead atoms. The quantitative estimate of drug-likeness (QED) is 0.926. The van der Waals surface area contributed by atoms with Gasteiger partial charge in [-0.05, 0) is 30.7 Å². The van der Waals surface area contributed by atoms with Crippen molar-refractivity contribution in [2.24, 2.45) is 0 Å². The van der Waals surface area contributed by atoms with Crippen LogP contribution in [-0.2, 0) is 9.53 Å². The molecule has 1 heterocycles. The average molecular weight is 298 g/mol. The van der Waals surface area contributed by atoms with Crippen molar-refractivity contribution in [2.75, 3.05) is 13.7 Å². The molecule has 0 spiro atoms. The molecule has 6 heteroatoms. The predicted molar refractivity (Wildman–Crippen MR) is 74.1 cm³/mol. The summed E-state index contributed by atoms with van der Waals surface area (Å²) in [5.74, 6) is -1.31. The molecule has 1 aliphatic rings. The van der Waals surface area contributed by atoms with Gasteiger partial charge in [-0.3, -0.25) is 4.79 Å². The fraction of sp³-hybridized carbons (Fsp3) is 0.429. The lowest BCUT2D eigenvalue weighted by molar-refractivity contribution is -0.141. The molecular formula is C14H16ClNO4. The van der Waals surface area contributed by atoms with E-state index in [2.05, 4.69) is 0 Å². The Morgan fingerprint density at radius 2 is 2.15 bits per heavy atom. The number of carboxylic acid groups (broad SMARTS) is 1. The van der Waals surface area contributed by atoms with Crippen LogP contribution in [0.3, 0.4) is 0 Å². The summed E-state index contributed by atoms with van der Waals surface area (Å²) in [6.45, 7) is 2.06. The van der Waals surface area contributed by atoms with Crippen molar-refractivity contribution in [1.82, 2.24) is 4.90 Å². The Morgan fingerprint density at radius 3 is 2.70 bits per heavy atom. The van der Waals surface area contributed by atoms with E-state index in [9.17, 15) is 14.7 Å². The first kappa shape index (κ1) is 14.8. The number of carbonyl (C=O) groups is 2. The largest absolute Gasteiger partial charge is 0.480 e. The van der Waals surface area contributed by atoms with E-state index in [4.69, 9.17) is 16.3 Å². The van der Waals surface area contributed by atoms with Crippen molar-refractivity contribution in [3.63, 3.8) is 0 Å². The standard InChI is InChI=1S/C14H16ClNO4/c1-8-5-9(15)3-4-11(8)13(17)16-7-10(20-2)6-12(16)14(18)19/h3-5,10,12H,6-7H2,1-2H3,(H,18,19). The minimum absolute atomic E-state index is 0.243. The second-order valence-corrected chi connectivity index (χ2v) is 5.30. The van der Waals surface area contributed by atoms with E-state index in [1.54, 1.807) is 25.1 Å². The smallest absolute Gasteiger partial charge is 0.326 e. The molecule has 1 N–H and O–H groups in total. The number of hydrogen-bond acceptors (Lipinski definition) is 3. The minimum Gasteiger partial charge on any atom is -0.480 e. The van der Waals surface area contributed by atoms with Gasteiger partial charge in [0, 0.05) is 30.7 Å². The van der Waals surface area contributed by atoms with Crippen molar-refractivity contribution in [3.05, 3.63) is 34.3 Å². The van der Waals surface area contributed by atoms with Crippen LogP contribution in [-0.4, -0.2) is 47.7 Å². The number of hydrogen-bond donors (Lipinski definition) is 1. The van der Waals surface area contributed by atoms with Crippen molar-refractivity contribution in [1.29, 1.82) is 0 Å². The van der Waals surface area contributed by atoms with Gasteiger partial charge in [-0.2, -0.15) is 0 Å². The molecular weight excluding hydrogens is 282 g/mol. The summed E-state index contributed by atoms with van der Waals surface area (Å²) in [6, 6.07) is 4.09. The monoisotopic (exact) mass is 297 g/mol. The second kappa shape index (κ2) is 5.81. The number of halogens is 1. The van der Waals surface area contributed by atoms with E-state index in [0.717, 1.165) is 5.56 Å². The summed E-state index contributed by atoms with van der Waals surface area (Å²) < 4.78 is 5.18. The maximum absolute atomic E-state index is 12.5. The van der Waals surface area contributed by atoms with E-state index < -0.39 is 12.0 Å². The molecule has 0 saturated carbocycles. The number of nitrogens with zero attached hydrogens (tertiary/aromatic N) is 1. The third-order valence-corrected chi connectivity index (χ3v) is 3.80. The highest BCUT2D eigenvalue weighted by atomic mass is 35.5. The van der Waals surface area contributed by atoms with Crippen LogP contribution in [0.2, 0.25) is 5.02 Å². The molecule has 5 nitrogen and oxygen atoms in total. The number of carboxylic acids is 1. The van der Waals surface area contributed by atoms with Gasteiger partial charge in [-0.15, -0.1) is 0 Å². The number of benzene rings is 1. The zero-order valence-corrected chi connectivity index (χ0v) is 12.1. The zero-order valence-electron chi connectivity index (χ0n) is 11.3. The number of ether oxygens (including phenoxy) is 1. The van der Waals surface area contributed by atoms with Crippen LogP contribution in [0.25, 0.3) is 0 Å². The van der Waals surface area contributed by atoms with Crippen LogP contribution in [0.5, 0.6) is 0 Å². The normalized spacial score (nSPS) is 22.1. The van der Waals surface area contributed by atoms with Gasteiger partial charge in [-0.1, -0.05) is 11.6 Å². The van der Waals surface area contributed by atoms with Crippen molar-refractivity contribution in [3.8, 4) is 0 Å². The highest BCUT2D eigenvalue weighted by Crippen LogP contribution is 2.24. The van der Waals surface area contributed by atoms with Crippen molar-refractivity contribution in [2.45, 2.75) is 25.5 Å². The molecule has 108 valence electrons. The number of aryl methyl sites for hydroxylation is 1. The number of amides is 1. The maximum atomic E-state index is 12.5. The first-order valence-corrected chi connectivity index (χ1v) is 6.64. The minimum atomic E-state index is -1.01. The summed E-state index contributed by atoms with van der Waals surface area (Å²) in [5.41, 5.74) is 1.20. The lowest BCUT2D eigenvalue weighted by Crippen LogP contribution is -2.40. The van der Waals surface area contributed by atoms with E-state index in [-0.39, 0.29) is 18.6 Å². The van der Waals surface area contributed by atoms with Crippen LogP contribution >= 0.6 is 11.6 Å². The summed E-state index contributed by atoms with van der Waals surface area (Å²) in [4.78, 5) is 25.2. The molecule has 1 aliphatic heterocycles. The van der Waals surface area contributed by atoms with E-state index in [1.807, 2.05) is 0 Å². The molecule has 2 unspecified atom stereocenters. The van der Waals surface area contributed by atoms with Crippen LogP contribution < -0.4 is 0 Å². The number of carbonyl (C=O) groups excluding carboxylic acids is 1. The van der Waals surface area contributed by atoms with E-state index in [0.29, 0.717) is 17.0 Å². The molecule has 1 fully saturated rings. The SMILES string of the molecule is COC1CC(C(=O)O)N(C(=O)c2ccc(Cl)cc2C)C1. The molecule has 2 atom stereocenters. The van der Waals surface area contributed by atoms with E-state index in [1.165, 1.54) is 12.0 Å². The van der Waals surface area contributed by atoms with Gasteiger partial charge in [0.05, 0.1) is 6.10 Å². The van der Waals surface area contributed by atoms with Crippen LogP contribution in [0.15, 0.2) is 18.2 Å². The van der Waals surface area contributed by atoms with E-state index >= 15 is 0 Å². The van der Waals surface area contributed by atoms with Gasteiger partial charge in [0.2, 0.25) is 0 Å². The third kappa shape index (κ3) is 2.78. The Hall–Kier alpha value is -1.59. The predicted octanol–water partition coefficient (Wildman–Crippen LogP) is 1.96. The second-order valence-electron chi connectivity index (χ2n) is 4.86. The highest BCUT2D eigenvalue weighted by Gasteiger charge is 2.40. The molecule has 1 aromatic rings. The summed E-state index contributed by atoms with van der Waals surface area (Å²) in [7, 11) is 1.52. The molecule has 1 saturated heterocycles. The number of likely N-dealkylation sites (tertiary alicyclic amines) is 1. The summed E-state index contributed by atoms with van der Waals surface area (Å²) >= 11 is 5.87. The summed E-state index contributed by atoms with van der Waals surface area (Å²) in [5, 5.41) is 9.78. The fourth-order valence-corrected chi connectivity index (χ4v) is 2.68. The van der Waals surface area contributed by atoms with Crippen LogP contribution in [0, 0.1) is 6.92 Å². The van der Waals surface area contributed by atoms with Crippen LogP contribution in [0.1, 0.15) is 22.3 Å². The van der Waals surface area contributed by atoms with Gasteiger partial charge < -0.3 is 14.7 Å². The van der Waals surface area contributed by atoms with Crippen molar-refractivity contribution < 1.29 is 19.4 Å². The molecule has 0 aromatic heterocycles. The maximum Gasteiger partial charge on any atom is 0.326 e. The molecule has 1 amide bonds. The highest BCUT2D eigenvalue weighted by molar-refractivity contribution is 6.30. The zero-order chi connectivity index (χ0) is 14.9. The molecule has 0 aliphatic carbocycles. The Morgan fingerprint density at radius 1 is 1.45 bits per heavy atom. The molecule has 20 heavy (non-hydrogen) atoms. The van der Waals surface area contributed by atoms with Crippen molar-refractivity contribution >= 4 is 23.5 Å². The Bertz CT molecular complexity index is 546. The topological polar surface area (TPSA) is 66.8 Å². The third-order valence-electron chi connectivity index (χ3n) is 3.56. The molecule has 0 radical (unpaired) electrons. The van der Waals surface area contributed by atoms with Gasteiger partial charge in [0.25, 0.3) is 5.91 Å². The lowest BCUT2D eigenvalue weighted by Gasteiger charge is -2.22. The average Bonchev–Trinajstić information content (AvgIpc) is 2.82. The van der Waals surface area contributed by atoms with Gasteiger partial charge in [-0.25, -0.2) is 4.79 Å². The molecule has 2 rings (SSSR count). The number of aliphatic carboxylic acids is 1. The van der Waals surface area contributed by atoms with Gasteiger partial charge >= 0.3 is 5.97 Å². The number of methoxy groups -OCH3 is 1. The first-order chi connectivity index (χ1) is 9.43. The fourth-order valence-electron chi connectivity index (χ4n) is 2.45. The lowest BCUT2D eigenvalue weighted by atomic mass is 10.1. The summed E-state index contributed by atoms with van der Waals surface area (Å²) in [6.07, 6.45) is 0.0668. The Labute approximate surface area is 122 Å². The number of rotatable bonds is 3. The Kier molecular flexibility index (Phi) is 4.30. The van der Waals surface area contributed by atoms with Gasteiger partial charge in [0.1, 0.15) is 6.04 Å². The molecule has 1 aromatic carbocycles. The first-order valence-electron chi connectivity index (χ1n) is 6.26. The Balaban J connectivity index is 2.29.